The van der Waals surface area contributed by atoms with Gasteiger partial charge in [0, 0.05) is 24.3 Å². The molecule has 1 N–H and O–H groups in total. The molecule has 3 rings (SSSR count). The van der Waals surface area contributed by atoms with E-state index < -0.39 is 11.6 Å². The molecule has 2 aromatic rings. The summed E-state index contributed by atoms with van der Waals surface area (Å²) in [7, 11) is 0. The molecule has 8 heteroatoms. The fourth-order valence-electron chi connectivity index (χ4n) is 2.10. The van der Waals surface area contributed by atoms with E-state index in [9.17, 15) is 18.4 Å². The Bertz CT molecular complexity index is 731. The van der Waals surface area contributed by atoms with Gasteiger partial charge in [0.05, 0.1) is 17.9 Å². The normalized spacial score (nSPS) is 14.7. The highest BCUT2D eigenvalue weighted by atomic mass is 32.1. The minimum absolute atomic E-state index is 0.107. The number of carbonyl (C=O) groups is 2. The molecule has 0 radical (unpaired) electrons. The molecule has 5 nitrogen and oxygen atoms in total. The monoisotopic (exact) mass is 323 g/mol. The zero-order valence-electron chi connectivity index (χ0n) is 11.3. The van der Waals surface area contributed by atoms with E-state index in [0.717, 1.165) is 17.0 Å². The molecular formula is C14H11F2N3O2S. The number of imide groups is 1. The van der Waals surface area contributed by atoms with Crippen molar-refractivity contribution in [1.29, 1.82) is 0 Å². The number of nitrogens with one attached hydrogen (secondary N) is 1. The first kappa shape index (κ1) is 14.6. The average molecular weight is 323 g/mol. The number of benzene rings is 1. The smallest absolute Gasteiger partial charge is 0.230 e. The quantitative estimate of drug-likeness (QED) is 0.879. The van der Waals surface area contributed by atoms with Crippen LogP contribution in [0.15, 0.2) is 23.6 Å². The first-order valence-corrected chi connectivity index (χ1v) is 7.40. The summed E-state index contributed by atoms with van der Waals surface area (Å²) < 4.78 is 26.4. The van der Waals surface area contributed by atoms with E-state index in [1.54, 1.807) is 5.38 Å². The molecule has 22 heavy (non-hydrogen) atoms. The molecule has 0 spiro atoms. The second kappa shape index (κ2) is 5.80. The summed E-state index contributed by atoms with van der Waals surface area (Å²) in [5.74, 6) is -1.80. The van der Waals surface area contributed by atoms with Crippen LogP contribution in [-0.4, -0.2) is 21.7 Å². The Balaban J connectivity index is 1.71. The Hall–Kier alpha value is -2.35. The van der Waals surface area contributed by atoms with Crippen molar-refractivity contribution in [3.8, 4) is 0 Å². The molecule has 1 aromatic carbocycles. The predicted octanol–water partition coefficient (Wildman–Crippen LogP) is 2.81. The minimum Gasteiger partial charge on any atom is -0.329 e. The molecule has 114 valence electrons. The number of halogens is 2. The van der Waals surface area contributed by atoms with E-state index in [-0.39, 0.29) is 36.9 Å². The van der Waals surface area contributed by atoms with Crippen molar-refractivity contribution in [1.82, 2.24) is 9.88 Å². The molecule has 1 aliphatic rings. The first-order valence-electron chi connectivity index (χ1n) is 6.52. The van der Waals surface area contributed by atoms with Gasteiger partial charge < -0.3 is 5.32 Å². The molecule has 1 fully saturated rings. The second-order valence-corrected chi connectivity index (χ2v) is 5.62. The van der Waals surface area contributed by atoms with Gasteiger partial charge in [0.2, 0.25) is 11.8 Å². The predicted molar refractivity (Wildman–Crippen MR) is 76.5 cm³/mol. The van der Waals surface area contributed by atoms with Crippen LogP contribution in [0.25, 0.3) is 0 Å². The molecular weight excluding hydrogens is 312 g/mol. The topological polar surface area (TPSA) is 62.3 Å². The van der Waals surface area contributed by atoms with Gasteiger partial charge in [0.1, 0.15) is 11.6 Å². The van der Waals surface area contributed by atoms with Gasteiger partial charge in [-0.25, -0.2) is 13.8 Å². The van der Waals surface area contributed by atoms with Gasteiger partial charge in [0.15, 0.2) is 5.13 Å². The van der Waals surface area contributed by atoms with Crippen LogP contribution in [0.1, 0.15) is 18.5 Å². The summed E-state index contributed by atoms with van der Waals surface area (Å²) >= 11 is 1.21. The largest absolute Gasteiger partial charge is 0.329 e. The lowest BCUT2D eigenvalue weighted by Crippen LogP contribution is -2.28. The van der Waals surface area contributed by atoms with Gasteiger partial charge >= 0.3 is 0 Å². The highest BCUT2D eigenvalue weighted by molar-refractivity contribution is 7.13. The number of likely N-dealkylation sites (tertiary alicyclic amines) is 1. The maximum absolute atomic E-state index is 13.5. The molecule has 1 aliphatic heterocycles. The fourth-order valence-corrected chi connectivity index (χ4v) is 2.82. The number of aromatic nitrogens is 1. The summed E-state index contributed by atoms with van der Waals surface area (Å²) in [6.45, 7) is 0.113. The SMILES string of the molecule is O=C1CCC(=O)N1Cc1csc(Nc2ccc(F)cc2F)n1. The van der Waals surface area contributed by atoms with E-state index in [2.05, 4.69) is 10.3 Å². The van der Waals surface area contributed by atoms with E-state index >= 15 is 0 Å². The molecule has 1 aromatic heterocycles. The highest BCUT2D eigenvalue weighted by Gasteiger charge is 2.29. The van der Waals surface area contributed by atoms with Crippen LogP contribution in [-0.2, 0) is 16.1 Å². The Morgan fingerprint density at radius 1 is 1.23 bits per heavy atom. The van der Waals surface area contributed by atoms with Gasteiger partial charge in [-0.05, 0) is 12.1 Å². The van der Waals surface area contributed by atoms with Crippen molar-refractivity contribution >= 4 is 34.0 Å². The Labute approximate surface area is 128 Å². The van der Waals surface area contributed by atoms with Crippen molar-refractivity contribution in [3.63, 3.8) is 0 Å². The van der Waals surface area contributed by atoms with Crippen molar-refractivity contribution in [2.75, 3.05) is 5.32 Å². The van der Waals surface area contributed by atoms with E-state index in [1.165, 1.54) is 17.4 Å². The average Bonchev–Trinajstić information content (AvgIpc) is 3.04. The molecule has 1 saturated heterocycles. The summed E-state index contributed by atoms with van der Waals surface area (Å²) in [5.41, 5.74) is 0.647. The minimum atomic E-state index is -0.721. The lowest BCUT2D eigenvalue weighted by atomic mass is 10.3. The first-order chi connectivity index (χ1) is 10.5. The number of hydrogen-bond donors (Lipinski definition) is 1. The molecule has 2 heterocycles. The van der Waals surface area contributed by atoms with Crippen LogP contribution in [0.5, 0.6) is 0 Å². The molecule has 0 saturated carbocycles. The Morgan fingerprint density at radius 3 is 2.64 bits per heavy atom. The van der Waals surface area contributed by atoms with Crippen LogP contribution >= 0.6 is 11.3 Å². The Morgan fingerprint density at radius 2 is 1.95 bits per heavy atom. The molecule has 0 atom stereocenters. The highest BCUT2D eigenvalue weighted by Crippen LogP contribution is 2.25. The maximum Gasteiger partial charge on any atom is 0.230 e. The molecule has 0 bridgehead atoms. The lowest BCUT2D eigenvalue weighted by Gasteiger charge is -2.11. The number of hydrogen-bond acceptors (Lipinski definition) is 5. The third-order valence-corrected chi connectivity index (χ3v) is 4.01. The number of nitrogens with zero attached hydrogens (tertiary/aromatic N) is 2. The zero-order valence-corrected chi connectivity index (χ0v) is 12.1. The van der Waals surface area contributed by atoms with Crippen LogP contribution in [0.2, 0.25) is 0 Å². The van der Waals surface area contributed by atoms with Gasteiger partial charge in [0.25, 0.3) is 0 Å². The third kappa shape index (κ3) is 2.96. The van der Waals surface area contributed by atoms with Crippen LogP contribution < -0.4 is 5.32 Å². The van der Waals surface area contributed by atoms with Gasteiger partial charge in [-0.2, -0.15) is 0 Å². The summed E-state index contributed by atoms with van der Waals surface area (Å²) in [6, 6.07) is 3.19. The van der Waals surface area contributed by atoms with Crippen molar-refractivity contribution < 1.29 is 18.4 Å². The maximum atomic E-state index is 13.5. The summed E-state index contributed by atoms with van der Waals surface area (Å²) in [4.78, 5) is 28.5. The molecule has 0 unspecified atom stereocenters. The van der Waals surface area contributed by atoms with E-state index in [0.29, 0.717) is 10.8 Å². The fraction of sp³-hybridized carbons (Fsp3) is 0.214. The van der Waals surface area contributed by atoms with Crippen LogP contribution in [0.4, 0.5) is 19.6 Å². The number of carbonyl (C=O) groups excluding carboxylic acids is 2. The summed E-state index contributed by atoms with van der Waals surface area (Å²) in [6.07, 6.45) is 0.462. The lowest BCUT2D eigenvalue weighted by molar-refractivity contribution is -0.139. The van der Waals surface area contributed by atoms with Crippen molar-refractivity contribution in [3.05, 3.63) is 40.9 Å². The zero-order chi connectivity index (χ0) is 15.7. The van der Waals surface area contributed by atoms with Crippen LogP contribution in [0.3, 0.4) is 0 Å². The van der Waals surface area contributed by atoms with E-state index in [4.69, 9.17) is 0 Å². The van der Waals surface area contributed by atoms with Gasteiger partial charge in [-0.3, -0.25) is 14.5 Å². The molecule has 2 amide bonds. The third-order valence-electron chi connectivity index (χ3n) is 3.20. The number of amides is 2. The molecule has 0 aliphatic carbocycles. The number of thiazole rings is 1. The van der Waals surface area contributed by atoms with Gasteiger partial charge in [-0.15, -0.1) is 11.3 Å². The standard InChI is InChI=1S/C14H11F2N3O2S/c15-8-1-2-11(10(16)5-8)18-14-17-9(7-22-14)6-19-12(20)3-4-13(19)21/h1-2,5,7H,3-4,6H2,(H,17,18). The summed E-state index contributed by atoms with van der Waals surface area (Å²) in [5, 5.41) is 4.83. The van der Waals surface area contributed by atoms with Crippen molar-refractivity contribution in [2.24, 2.45) is 0 Å². The van der Waals surface area contributed by atoms with E-state index in [1.807, 2.05) is 0 Å². The van der Waals surface area contributed by atoms with Gasteiger partial charge in [-0.1, -0.05) is 0 Å². The number of anilines is 2. The van der Waals surface area contributed by atoms with Crippen LogP contribution in [0, 0.1) is 11.6 Å². The second-order valence-electron chi connectivity index (χ2n) is 4.77. The number of rotatable bonds is 4. The Kier molecular flexibility index (Phi) is 3.84. The van der Waals surface area contributed by atoms with Crippen molar-refractivity contribution in [2.45, 2.75) is 19.4 Å².